The van der Waals surface area contributed by atoms with E-state index in [-0.39, 0.29) is 0 Å². The fraction of sp³-hybridized carbons (Fsp3) is 0.667. The number of carboxylic acid groups (broad SMARTS) is 1. The van der Waals surface area contributed by atoms with Crippen LogP contribution in [0.1, 0.15) is 20.3 Å². The molecule has 0 spiro atoms. The summed E-state index contributed by atoms with van der Waals surface area (Å²) >= 11 is 0. The van der Waals surface area contributed by atoms with E-state index in [4.69, 9.17) is 5.11 Å². The first-order chi connectivity index (χ1) is 5.70. The van der Waals surface area contributed by atoms with Crippen molar-refractivity contribution in [3.05, 3.63) is 12.2 Å². The van der Waals surface area contributed by atoms with Crippen LogP contribution in [0.15, 0.2) is 12.2 Å². The summed E-state index contributed by atoms with van der Waals surface area (Å²) in [7, 11) is 0. The van der Waals surface area contributed by atoms with Crippen LogP contribution in [0, 0.1) is 0 Å². The monoisotopic (exact) mass is 171 g/mol. The molecule has 12 heavy (non-hydrogen) atoms. The molecule has 0 radical (unpaired) electrons. The Balaban J connectivity index is 3.63. The van der Waals surface area contributed by atoms with Crippen molar-refractivity contribution in [3.63, 3.8) is 0 Å². The first kappa shape index (κ1) is 11.2. The van der Waals surface area contributed by atoms with Gasteiger partial charge in [-0.15, -0.1) is 0 Å². The van der Waals surface area contributed by atoms with Gasteiger partial charge in [0.15, 0.2) is 0 Å². The zero-order chi connectivity index (χ0) is 9.40. The van der Waals surface area contributed by atoms with E-state index in [1.165, 1.54) is 6.08 Å². The summed E-state index contributed by atoms with van der Waals surface area (Å²) in [5.74, 6) is -0.873. The van der Waals surface area contributed by atoms with Crippen LogP contribution in [0.3, 0.4) is 0 Å². The summed E-state index contributed by atoms with van der Waals surface area (Å²) in [6.45, 7) is 6.92. The zero-order valence-electron chi connectivity index (χ0n) is 7.79. The number of carboxylic acids is 1. The van der Waals surface area contributed by atoms with Crippen LogP contribution in [-0.2, 0) is 4.79 Å². The van der Waals surface area contributed by atoms with E-state index in [9.17, 15) is 4.79 Å². The van der Waals surface area contributed by atoms with Crippen molar-refractivity contribution in [2.45, 2.75) is 20.3 Å². The van der Waals surface area contributed by atoms with Gasteiger partial charge in [0, 0.05) is 12.6 Å². The zero-order valence-corrected chi connectivity index (χ0v) is 7.79. The molecule has 0 amide bonds. The standard InChI is InChI=1S/C9H17NO2/c1-3-7-10(4-2)8-5-6-9(11)12/h5-6H,3-4,7-8H2,1-2H3,(H,11,12). The average Bonchev–Trinajstić information content (AvgIpc) is 2.02. The number of hydrogen-bond acceptors (Lipinski definition) is 2. The molecular formula is C9H17NO2. The Morgan fingerprint density at radius 1 is 1.50 bits per heavy atom. The first-order valence-electron chi connectivity index (χ1n) is 4.32. The smallest absolute Gasteiger partial charge is 0.328 e. The number of rotatable bonds is 6. The van der Waals surface area contributed by atoms with Crippen molar-refractivity contribution in [1.82, 2.24) is 4.90 Å². The first-order valence-corrected chi connectivity index (χ1v) is 4.32. The molecule has 0 unspecified atom stereocenters. The molecule has 0 bridgehead atoms. The van der Waals surface area contributed by atoms with Crippen LogP contribution in [0.2, 0.25) is 0 Å². The molecule has 0 fully saturated rings. The van der Waals surface area contributed by atoms with Gasteiger partial charge in [-0.05, 0) is 19.5 Å². The van der Waals surface area contributed by atoms with Gasteiger partial charge in [0.2, 0.25) is 0 Å². The van der Waals surface area contributed by atoms with E-state index >= 15 is 0 Å². The van der Waals surface area contributed by atoms with E-state index in [2.05, 4.69) is 18.7 Å². The quantitative estimate of drug-likeness (QED) is 0.613. The van der Waals surface area contributed by atoms with Gasteiger partial charge < -0.3 is 5.11 Å². The van der Waals surface area contributed by atoms with Crippen LogP contribution in [0.5, 0.6) is 0 Å². The lowest BCUT2D eigenvalue weighted by molar-refractivity contribution is -0.131. The fourth-order valence-electron chi connectivity index (χ4n) is 0.997. The molecule has 3 nitrogen and oxygen atoms in total. The largest absolute Gasteiger partial charge is 0.478 e. The Kier molecular flexibility index (Phi) is 6.38. The highest BCUT2D eigenvalue weighted by molar-refractivity contribution is 5.79. The highest BCUT2D eigenvalue weighted by Crippen LogP contribution is 1.90. The Labute approximate surface area is 73.7 Å². The number of carbonyl (C=O) groups is 1. The van der Waals surface area contributed by atoms with Gasteiger partial charge in [0.25, 0.3) is 0 Å². The fourth-order valence-corrected chi connectivity index (χ4v) is 0.997. The number of hydrogen-bond donors (Lipinski definition) is 1. The second-order valence-electron chi connectivity index (χ2n) is 2.63. The summed E-state index contributed by atoms with van der Waals surface area (Å²) in [4.78, 5) is 12.3. The minimum absolute atomic E-state index is 0.733. The molecule has 0 heterocycles. The Hall–Kier alpha value is -0.830. The highest BCUT2D eigenvalue weighted by Gasteiger charge is 1.96. The average molecular weight is 171 g/mol. The van der Waals surface area contributed by atoms with Gasteiger partial charge in [0.05, 0.1) is 0 Å². The lowest BCUT2D eigenvalue weighted by Gasteiger charge is -2.16. The maximum atomic E-state index is 10.1. The van der Waals surface area contributed by atoms with Crippen LogP contribution in [-0.4, -0.2) is 35.6 Å². The minimum Gasteiger partial charge on any atom is -0.478 e. The molecule has 0 aromatic rings. The molecule has 70 valence electrons. The summed E-state index contributed by atoms with van der Waals surface area (Å²) in [5, 5.41) is 8.32. The minimum atomic E-state index is -0.873. The molecule has 0 atom stereocenters. The van der Waals surface area contributed by atoms with E-state index in [0.717, 1.165) is 26.1 Å². The van der Waals surface area contributed by atoms with E-state index < -0.39 is 5.97 Å². The normalized spacial score (nSPS) is 11.2. The SMILES string of the molecule is CCCN(CC)CC=CC(=O)O. The molecule has 0 aromatic heterocycles. The van der Waals surface area contributed by atoms with Gasteiger partial charge in [-0.3, -0.25) is 4.90 Å². The van der Waals surface area contributed by atoms with Crippen molar-refractivity contribution < 1.29 is 9.90 Å². The lowest BCUT2D eigenvalue weighted by Crippen LogP contribution is -2.24. The third-order valence-electron chi connectivity index (χ3n) is 1.61. The molecule has 0 saturated heterocycles. The Morgan fingerprint density at radius 2 is 2.17 bits per heavy atom. The van der Waals surface area contributed by atoms with Crippen LogP contribution in [0.25, 0.3) is 0 Å². The van der Waals surface area contributed by atoms with Crippen molar-refractivity contribution in [1.29, 1.82) is 0 Å². The molecule has 0 rings (SSSR count). The molecule has 0 saturated carbocycles. The third kappa shape index (κ3) is 5.92. The summed E-state index contributed by atoms with van der Waals surface area (Å²) in [6, 6.07) is 0. The van der Waals surface area contributed by atoms with Gasteiger partial charge in [-0.1, -0.05) is 19.9 Å². The molecule has 0 aliphatic heterocycles. The lowest BCUT2D eigenvalue weighted by atomic mass is 10.4. The molecule has 3 heteroatoms. The van der Waals surface area contributed by atoms with Crippen molar-refractivity contribution >= 4 is 5.97 Å². The van der Waals surface area contributed by atoms with E-state index in [1.54, 1.807) is 6.08 Å². The summed E-state index contributed by atoms with van der Waals surface area (Å²) in [5.41, 5.74) is 0. The Bertz CT molecular complexity index is 155. The molecule has 0 aliphatic carbocycles. The Morgan fingerprint density at radius 3 is 2.58 bits per heavy atom. The predicted molar refractivity (Wildman–Crippen MR) is 49.2 cm³/mol. The number of aliphatic carboxylic acids is 1. The maximum Gasteiger partial charge on any atom is 0.328 e. The highest BCUT2D eigenvalue weighted by atomic mass is 16.4. The molecule has 1 N–H and O–H groups in total. The van der Waals surface area contributed by atoms with Gasteiger partial charge in [-0.25, -0.2) is 4.79 Å². The van der Waals surface area contributed by atoms with Crippen LogP contribution < -0.4 is 0 Å². The predicted octanol–water partition coefficient (Wildman–Crippen LogP) is 1.36. The van der Waals surface area contributed by atoms with Gasteiger partial charge >= 0.3 is 5.97 Å². The second-order valence-corrected chi connectivity index (χ2v) is 2.63. The second kappa shape index (κ2) is 6.85. The van der Waals surface area contributed by atoms with Crippen molar-refractivity contribution in [3.8, 4) is 0 Å². The van der Waals surface area contributed by atoms with Gasteiger partial charge in [0.1, 0.15) is 0 Å². The number of nitrogens with zero attached hydrogens (tertiary/aromatic N) is 1. The van der Waals surface area contributed by atoms with Crippen LogP contribution >= 0.6 is 0 Å². The van der Waals surface area contributed by atoms with Crippen molar-refractivity contribution in [2.75, 3.05) is 19.6 Å². The van der Waals surface area contributed by atoms with Crippen molar-refractivity contribution in [2.24, 2.45) is 0 Å². The molecule has 0 aliphatic rings. The van der Waals surface area contributed by atoms with E-state index in [0.29, 0.717) is 0 Å². The van der Waals surface area contributed by atoms with E-state index in [1.807, 2.05) is 0 Å². The molecule has 0 aromatic carbocycles. The van der Waals surface area contributed by atoms with Gasteiger partial charge in [-0.2, -0.15) is 0 Å². The number of likely N-dealkylation sites (N-methyl/N-ethyl adjacent to an activating group) is 1. The third-order valence-corrected chi connectivity index (χ3v) is 1.61. The summed E-state index contributed by atoms with van der Waals surface area (Å²) in [6.07, 6.45) is 3.98. The molecular weight excluding hydrogens is 154 g/mol. The topological polar surface area (TPSA) is 40.5 Å². The summed E-state index contributed by atoms with van der Waals surface area (Å²) < 4.78 is 0. The van der Waals surface area contributed by atoms with Crippen LogP contribution in [0.4, 0.5) is 0 Å². The maximum absolute atomic E-state index is 10.1.